The summed E-state index contributed by atoms with van der Waals surface area (Å²) in [5, 5.41) is 4.83. The maximum atomic E-state index is 3.47. The molecule has 0 aliphatic carbocycles. The van der Waals surface area contributed by atoms with Gasteiger partial charge in [-0.2, -0.15) is 0 Å². The van der Waals surface area contributed by atoms with Gasteiger partial charge in [0.05, 0.1) is 0 Å². The molecule has 3 aromatic rings. The van der Waals surface area contributed by atoms with Crippen molar-refractivity contribution in [2.75, 3.05) is 13.1 Å². The van der Waals surface area contributed by atoms with Crippen LogP contribution >= 0.6 is 11.8 Å². The van der Waals surface area contributed by atoms with Gasteiger partial charge in [-0.1, -0.05) is 42.1 Å². The molecule has 0 atom stereocenters. The monoisotopic (exact) mass is 322 g/mol. The average Bonchev–Trinajstić information content (AvgIpc) is 3.01. The molecular formula is C20H22N2S. The van der Waals surface area contributed by atoms with Gasteiger partial charge in [-0.15, -0.1) is 0 Å². The molecule has 4 rings (SSSR count). The molecule has 0 bridgehead atoms. The number of hydrogen-bond donors (Lipinski definition) is 2. The third-order valence-corrected chi connectivity index (χ3v) is 5.93. The van der Waals surface area contributed by atoms with Gasteiger partial charge in [0.15, 0.2) is 0 Å². The van der Waals surface area contributed by atoms with Crippen LogP contribution in [0.25, 0.3) is 10.9 Å². The maximum Gasteiger partial charge on any atom is 0.0468 e. The standard InChI is InChI=1S/C20H22N2S/c1-14-5-4-7-17-20(14)19(13-22-17)23-18-8-3-2-6-16(18)15-9-11-21-12-10-15/h2-8,13,15,21-22H,9-12H2,1H3. The van der Waals surface area contributed by atoms with E-state index in [1.165, 1.54) is 44.7 Å². The first-order valence-electron chi connectivity index (χ1n) is 8.37. The molecule has 1 fully saturated rings. The molecule has 0 amide bonds. The van der Waals surface area contributed by atoms with E-state index in [2.05, 4.69) is 65.9 Å². The van der Waals surface area contributed by atoms with Crippen LogP contribution in [0.5, 0.6) is 0 Å². The number of aromatic amines is 1. The zero-order chi connectivity index (χ0) is 15.6. The van der Waals surface area contributed by atoms with Crippen molar-refractivity contribution in [3.63, 3.8) is 0 Å². The van der Waals surface area contributed by atoms with Crippen molar-refractivity contribution >= 4 is 22.7 Å². The molecule has 23 heavy (non-hydrogen) atoms. The summed E-state index contributed by atoms with van der Waals surface area (Å²) in [7, 11) is 0. The Labute approximate surface area is 141 Å². The van der Waals surface area contributed by atoms with Gasteiger partial charge in [-0.05, 0) is 62.0 Å². The van der Waals surface area contributed by atoms with Gasteiger partial charge in [0.1, 0.15) is 0 Å². The van der Waals surface area contributed by atoms with E-state index in [1.54, 1.807) is 0 Å². The first-order valence-corrected chi connectivity index (χ1v) is 9.19. The predicted octanol–water partition coefficient (Wildman–Crippen LogP) is 5.09. The highest BCUT2D eigenvalue weighted by Gasteiger charge is 2.19. The van der Waals surface area contributed by atoms with Crippen molar-refractivity contribution in [3.05, 3.63) is 59.8 Å². The first-order chi connectivity index (χ1) is 11.3. The van der Waals surface area contributed by atoms with E-state index in [1.807, 2.05) is 11.8 Å². The largest absolute Gasteiger partial charge is 0.360 e. The molecule has 2 heterocycles. The second-order valence-electron chi connectivity index (χ2n) is 6.31. The first kappa shape index (κ1) is 14.9. The predicted molar refractivity (Wildman–Crippen MR) is 98.4 cm³/mol. The van der Waals surface area contributed by atoms with Gasteiger partial charge >= 0.3 is 0 Å². The van der Waals surface area contributed by atoms with Crippen LogP contribution in [0.4, 0.5) is 0 Å². The van der Waals surface area contributed by atoms with Crippen LogP contribution in [0.15, 0.2) is 58.5 Å². The van der Waals surface area contributed by atoms with Crippen LogP contribution in [0, 0.1) is 6.92 Å². The van der Waals surface area contributed by atoms with Crippen molar-refractivity contribution in [2.45, 2.75) is 35.5 Å². The topological polar surface area (TPSA) is 27.8 Å². The van der Waals surface area contributed by atoms with Crippen LogP contribution in [0.1, 0.15) is 29.9 Å². The lowest BCUT2D eigenvalue weighted by Crippen LogP contribution is -2.26. The van der Waals surface area contributed by atoms with Crippen LogP contribution in [0.2, 0.25) is 0 Å². The zero-order valence-corrected chi connectivity index (χ0v) is 14.2. The molecule has 3 heteroatoms. The van der Waals surface area contributed by atoms with Crippen LogP contribution in [0.3, 0.4) is 0 Å². The highest BCUT2D eigenvalue weighted by Crippen LogP contribution is 2.40. The van der Waals surface area contributed by atoms with Crippen molar-refractivity contribution in [3.8, 4) is 0 Å². The summed E-state index contributed by atoms with van der Waals surface area (Å²) in [6, 6.07) is 15.4. The third kappa shape index (κ3) is 2.91. The number of rotatable bonds is 3. The molecule has 118 valence electrons. The lowest BCUT2D eigenvalue weighted by atomic mass is 9.90. The molecule has 1 aromatic heterocycles. The maximum absolute atomic E-state index is 3.47. The lowest BCUT2D eigenvalue weighted by molar-refractivity contribution is 0.456. The number of aryl methyl sites for hydroxylation is 1. The summed E-state index contributed by atoms with van der Waals surface area (Å²) < 4.78 is 0. The number of aromatic nitrogens is 1. The summed E-state index contributed by atoms with van der Waals surface area (Å²) in [6.07, 6.45) is 4.64. The highest BCUT2D eigenvalue weighted by atomic mass is 32.2. The molecule has 2 aromatic carbocycles. The van der Waals surface area contributed by atoms with E-state index in [0.717, 1.165) is 13.1 Å². The van der Waals surface area contributed by atoms with Crippen LogP contribution in [-0.4, -0.2) is 18.1 Å². The number of nitrogens with one attached hydrogen (secondary N) is 2. The minimum Gasteiger partial charge on any atom is -0.360 e. The Bertz CT molecular complexity index is 815. The van der Waals surface area contributed by atoms with E-state index in [0.29, 0.717) is 5.92 Å². The van der Waals surface area contributed by atoms with Gasteiger partial charge in [-0.25, -0.2) is 0 Å². The number of H-pyrrole nitrogens is 1. The van der Waals surface area contributed by atoms with Crippen LogP contribution in [-0.2, 0) is 0 Å². The molecule has 2 nitrogen and oxygen atoms in total. The molecule has 0 spiro atoms. The molecule has 1 saturated heterocycles. The molecule has 0 saturated carbocycles. The fraction of sp³-hybridized carbons (Fsp3) is 0.300. The van der Waals surface area contributed by atoms with Crippen molar-refractivity contribution in [1.82, 2.24) is 10.3 Å². The number of hydrogen-bond acceptors (Lipinski definition) is 2. The van der Waals surface area contributed by atoms with Gasteiger partial charge in [-0.3, -0.25) is 0 Å². The Morgan fingerprint density at radius 2 is 1.78 bits per heavy atom. The smallest absolute Gasteiger partial charge is 0.0468 e. The van der Waals surface area contributed by atoms with Crippen molar-refractivity contribution in [1.29, 1.82) is 0 Å². The highest BCUT2D eigenvalue weighted by molar-refractivity contribution is 7.99. The Hall–Kier alpha value is -1.71. The number of piperidine rings is 1. The Morgan fingerprint density at radius 1 is 0.957 bits per heavy atom. The van der Waals surface area contributed by atoms with Gasteiger partial charge in [0, 0.05) is 26.9 Å². The Kier molecular flexibility index (Phi) is 4.15. The molecule has 0 radical (unpaired) electrons. The number of benzene rings is 2. The van der Waals surface area contributed by atoms with Crippen molar-refractivity contribution in [2.24, 2.45) is 0 Å². The number of fused-ring (bicyclic) bond motifs is 1. The van der Waals surface area contributed by atoms with Crippen molar-refractivity contribution < 1.29 is 0 Å². The summed E-state index contributed by atoms with van der Waals surface area (Å²) in [4.78, 5) is 6.16. The second-order valence-corrected chi connectivity index (χ2v) is 7.40. The van der Waals surface area contributed by atoms with E-state index >= 15 is 0 Å². The quantitative estimate of drug-likeness (QED) is 0.702. The average molecular weight is 322 g/mol. The van der Waals surface area contributed by atoms with E-state index in [4.69, 9.17) is 0 Å². The van der Waals surface area contributed by atoms with Gasteiger partial charge in [0.25, 0.3) is 0 Å². The minimum absolute atomic E-state index is 0.686. The normalized spacial score (nSPS) is 16.0. The molecule has 0 unspecified atom stereocenters. The molecule has 1 aliphatic heterocycles. The summed E-state index contributed by atoms with van der Waals surface area (Å²) in [5.74, 6) is 0.686. The fourth-order valence-electron chi connectivity index (χ4n) is 3.57. The summed E-state index contributed by atoms with van der Waals surface area (Å²) in [5.41, 5.74) is 4.08. The molecule has 2 N–H and O–H groups in total. The Morgan fingerprint density at radius 3 is 2.65 bits per heavy atom. The Balaban J connectivity index is 1.71. The minimum atomic E-state index is 0.686. The van der Waals surface area contributed by atoms with E-state index in [9.17, 15) is 0 Å². The molecular weight excluding hydrogens is 300 g/mol. The summed E-state index contributed by atoms with van der Waals surface area (Å²) >= 11 is 1.91. The summed E-state index contributed by atoms with van der Waals surface area (Å²) in [6.45, 7) is 4.46. The van der Waals surface area contributed by atoms with Gasteiger partial charge < -0.3 is 10.3 Å². The lowest BCUT2D eigenvalue weighted by Gasteiger charge is -2.24. The third-order valence-electron chi connectivity index (χ3n) is 4.80. The van der Waals surface area contributed by atoms with E-state index in [-0.39, 0.29) is 0 Å². The molecule has 1 aliphatic rings. The van der Waals surface area contributed by atoms with E-state index < -0.39 is 0 Å². The van der Waals surface area contributed by atoms with Crippen LogP contribution < -0.4 is 5.32 Å². The van der Waals surface area contributed by atoms with Gasteiger partial charge in [0.2, 0.25) is 0 Å². The SMILES string of the molecule is Cc1cccc2[nH]cc(Sc3ccccc3C3CCNCC3)c12. The zero-order valence-electron chi connectivity index (χ0n) is 13.4. The fourth-order valence-corrected chi connectivity index (χ4v) is 4.80. The second kappa shape index (κ2) is 6.42.